The van der Waals surface area contributed by atoms with Crippen LogP contribution in [0.15, 0.2) is 24.3 Å². The lowest BCUT2D eigenvalue weighted by Crippen LogP contribution is -2.38. The van der Waals surface area contributed by atoms with E-state index in [1.165, 1.54) is 0 Å². The summed E-state index contributed by atoms with van der Waals surface area (Å²) in [7, 11) is 0. The predicted molar refractivity (Wildman–Crippen MR) is 84.1 cm³/mol. The molecule has 0 spiro atoms. The second kappa shape index (κ2) is 8.25. The topological polar surface area (TPSA) is 39.7 Å². The Bertz CT molecular complexity index is 416. The number of para-hydroxylation sites is 2. The first kappa shape index (κ1) is 16.1. The molecule has 1 saturated heterocycles. The average molecular weight is 293 g/mol. The largest absolute Gasteiger partial charge is 0.490 e. The Labute approximate surface area is 127 Å². The maximum atomic E-state index is 5.80. The van der Waals surface area contributed by atoms with Crippen molar-refractivity contribution >= 4 is 0 Å². The fourth-order valence-electron chi connectivity index (χ4n) is 2.51. The number of benzene rings is 1. The van der Waals surface area contributed by atoms with Crippen molar-refractivity contribution in [2.75, 3.05) is 39.5 Å². The van der Waals surface area contributed by atoms with Crippen LogP contribution in [0.3, 0.4) is 0 Å². The maximum Gasteiger partial charge on any atom is 0.161 e. The molecule has 0 radical (unpaired) electrons. The van der Waals surface area contributed by atoms with Gasteiger partial charge in [-0.2, -0.15) is 0 Å². The lowest BCUT2D eigenvalue weighted by Gasteiger charge is -2.33. The van der Waals surface area contributed by atoms with E-state index in [9.17, 15) is 0 Å². The Balaban J connectivity index is 1.67. The van der Waals surface area contributed by atoms with Gasteiger partial charge in [-0.1, -0.05) is 19.1 Å². The molecule has 1 N–H and O–H groups in total. The van der Waals surface area contributed by atoms with Crippen molar-refractivity contribution in [2.24, 2.45) is 5.41 Å². The zero-order chi connectivity index (χ0) is 15.0. The van der Waals surface area contributed by atoms with Crippen LogP contribution in [0.2, 0.25) is 0 Å². The maximum absolute atomic E-state index is 5.80. The van der Waals surface area contributed by atoms with Gasteiger partial charge in [0.05, 0.1) is 6.61 Å². The molecule has 118 valence electrons. The lowest BCUT2D eigenvalue weighted by molar-refractivity contribution is 0.0239. The van der Waals surface area contributed by atoms with Crippen LogP contribution in [-0.2, 0) is 4.74 Å². The summed E-state index contributed by atoms with van der Waals surface area (Å²) in [5.41, 5.74) is 0.363. The van der Waals surface area contributed by atoms with Crippen molar-refractivity contribution in [1.29, 1.82) is 0 Å². The second-order valence-electron chi connectivity index (χ2n) is 5.83. The summed E-state index contributed by atoms with van der Waals surface area (Å²) in [4.78, 5) is 0. The summed E-state index contributed by atoms with van der Waals surface area (Å²) in [5.74, 6) is 1.63. The van der Waals surface area contributed by atoms with E-state index in [2.05, 4.69) is 12.2 Å². The molecule has 1 aromatic carbocycles. The summed E-state index contributed by atoms with van der Waals surface area (Å²) >= 11 is 0. The van der Waals surface area contributed by atoms with Crippen molar-refractivity contribution in [1.82, 2.24) is 5.32 Å². The fraction of sp³-hybridized carbons (Fsp3) is 0.647. The fourth-order valence-corrected chi connectivity index (χ4v) is 2.51. The van der Waals surface area contributed by atoms with E-state index in [0.717, 1.165) is 50.6 Å². The highest BCUT2D eigenvalue weighted by atomic mass is 16.5. The van der Waals surface area contributed by atoms with Crippen LogP contribution in [0, 0.1) is 5.41 Å². The molecular weight excluding hydrogens is 266 g/mol. The molecule has 1 aromatic rings. The third-order valence-electron chi connectivity index (χ3n) is 3.94. The third-order valence-corrected chi connectivity index (χ3v) is 3.94. The van der Waals surface area contributed by atoms with Gasteiger partial charge in [-0.25, -0.2) is 0 Å². The van der Waals surface area contributed by atoms with E-state index in [-0.39, 0.29) is 0 Å². The smallest absolute Gasteiger partial charge is 0.161 e. The zero-order valence-electron chi connectivity index (χ0n) is 13.2. The van der Waals surface area contributed by atoms with Crippen LogP contribution >= 0.6 is 0 Å². The quantitative estimate of drug-likeness (QED) is 0.748. The number of rotatable bonds is 8. The summed E-state index contributed by atoms with van der Waals surface area (Å²) in [6.07, 6.45) is 2.27. The molecule has 1 aliphatic heterocycles. The van der Waals surface area contributed by atoms with Gasteiger partial charge in [-0.05, 0) is 37.3 Å². The molecule has 0 atom stereocenters. The Morgan fingerprint density at radius 3 is 2.48 bits per heavy atom. The summed E-state index contributed by atoms with van der Waals surface area (Å²) < 4.78 is 16.8. The molecule has 1 aliphatic rings. The van der Waals surface area contributed by atoms with Gasteiger partial charge in [0.2, 0.25) is 0 Å². The van der Waals surface area contributed by atoms with E-state index in [4.69, 9.17) is 14.2 Å². The highest BCUT2D eigenvalue weighted by Crippen LogP contribution is 2.28. The molecule has 0 unspecified atom stereocenters. The average Bonchev–Trinajstić information content (AvgIpc) is 2.49. The first-order valence-electron chi connectivity index (χ1n) is 7.87. The zero-order valence-corrected chi connectivity index (χ0v) is 13.2. The van der Waals surface area contributed by atoms with Gasteiger partial charge in [0, 0.05) is 26.3 Å². The summed E-state index contributed by atoms with van der Waals surface area (Å²) in [6, 6.07) is 7.82. The van der Waals surface area contributed by atoms with Gasteiger partial charge >= 0.3 is 0 Å². The Hall–Kier alpha value is -1.26. The molecule has 0 bridgehead atoms. The third kappa shape index (κ3) is 5.21. The monoisotopic (exact) mass is 293 g/mol. The van der Waals surface area contributed by atoms with Crippen LogP contribution in [0.25, 0.3) is 0 Å². The molecule has 0 saturated carbocycles. The molecular formula is C17H27NO3. The minimum Gasteiger partial charge on any atom is -0.490 e. The van der Waals surface area contributed by atoms with Gasteiger partial charge in [0.1, 0.15) is 6.61 Å². The number of ether oxygens (including phenoxy) is 3. The van der Waals surface area contributed by atoms with Crippen LogP contribution in [0.4, 0.5) is 0 Å². The van der Waals surface area contributed by atoms with Crippen LogP contribution in [0.1, 0.15) is 26.7 Å². The lowest BCUT2D eigenvalue weighted by atomic mass is 9.82. The minimum absolute atomic E-state index is 0.363. The number of nitrogens with one attached hydrogen (secondary N) is 1. The normalized spacial score (nSPS) is 17.4. The summed E-state index contributed by atoms with van der Waals surface area (Å²) in [6.45, 7) is 9.24. The molecule has 1 heterocycles. The molecule has 1 fully saturated rings. The van der Waals surface area contributed by atoms with Crippen molar-refractivity contribution < 1.29 is 14.2 Å². The Morgan fingerprint density at radius 1 is 1.14 bits per heavy atom. The molecule has 2 rings (SSSR count). The van der Waals surface area contributed by atoms with Crippen LogP contribution < -0.4 is 14.8 Å². The Morgan fingerprint density at radius 2 is 1.81 bits per heavy atom. The molecule has 0 amide bonds. The van der Waals surface area contributed by atoms with E-state index in [0.29, 0.717) is 18.6 Å². The first-order chi connectivity index (χ1) is 10.2. The summed E-state index contributed by atoms with van der Waals surface area (Å²) in [5, 5.41) is 3.50. The van der Waals surface area contributed by atoms with Crippen molar-refractivity contribution in [3.63, 3.8) is 0 Å². The van der Waals surface area contributed by atoms with E-state index >= 15 is 0 Å². The van der Waals surface area contributed by atoms with Gasteiger partial charge in [0.25, 0.3) is 0 Å². The molecule has 4 heteroatoms. The second-order valence-corrected chi connectivity index (χ2v) is 5.83. The van der Waals surface area contributed by atoms with Gasteiger partial charge in [-0.3, -0.25) is 0 Å². The predicted octanol–water partition coefficient (Wildman–Crippen LogP) is 2.87. The minimum atomic E-state index is 0.363. The molecule has 0 aromatic heterocycles. The van der Waals surface area contributed by atoms with E-state index in [1.54, 1.807) is 0 Å². The molecule has 21 heavy (non-hydrogen) atoms. The van der Waals surface area contributed by atoms with Crippen LogP contribution in [0.5, 0.6) is 11.5 Å². The number of hydrogen-bond acceptors (Lipinski definition) is 4. The van der Waals surface area contributed by atoms with Crippen molar-refractivity contribution in [2.45, 2.75) is 26.7 Å². The molecule has 4 nitrogen and oxygen atoms in total. The standard InChI is InChI=1S/C17H27NO3/c1-3-20-15-6-4-5-7-16(15)21-13-10-18-14-17(2)8-11-19-12-9-17/h4-7,18H,3,8-14H2,1-2H3. The van der Waals surface area contributed by atoms with Crippen molar-refractivity contribution in [3.05, 3.63) is 24.3 Å². The number of hydrogen-bond donors (Lipinski definition) is 1. The van der Waals surface area contributed by atoms with E-state index < -0.39 is 0 Å². The van der Waals surface area contributed by atoms with Crippen molar-refractivity contribution in [3.8, 4) is 11.5 Å². The van der Waals surface area contributed by atoms with Gasteiger partial charge in [-0.15, -0.1) is 0 Å². The Kier molecular flexibility index (Phi) is 6.33. The van der Waals surface area contributed by atoms with Crippen LogP contribution in [-0.4, -0.2) is 39.5 Å². The van der Waals surface area contributed by atoms with Gasteiger partial charge < -0.3 is 19.5 Å². The van der Waals surface area contributed by atoms with E-state index in [1.807, 2.05) is 31.2 Å². The SMILES string of the molecule is CCOc1ccccc1OCCNCC1(C)CCOCC1. The first-order valence-corrected chi connectivity index (χ1v) is 7.87. The highest BCUT2D eigenvalue weighted by Gasteiger charge is 2.26. The highest BCUT2D eigenvalue weighted by molar-refractivity contribution is 5.39. The van der Waals surface area contributed by atoms with Gasteiger partial charge in [0.15, 0.2) is 11.5 Å². The molecule has 0 aliphatic carbocycles.